The van der Waals surface area contributed by atoms with Gasteiger partial charge in [0.05, 0.1) is 31.2 Å². The predicted octanol–water partition coefficient (Wildman–Crippen LogP) is 3.33. The van der Waals surface area contributed by atoms with Gasteiger partial charge in [-0.2, -0.15) is 5.10 Å². The largest absolute Gasteiger partial charge is 0.494 e. The fraction of sp³-hybridized carbons (Fsp3) is 0.407. The highest BCUT2D eigenvalue weighted by Gasteiger charge is 2.30. The Kier molecular flexibility index (Phi) is 7.32. The van der Waals surface area contributed by atoms with Crippen LogP contribution in [0.25, 0.3) is 11.1 Å². The minimum atomic E-state index is -2.75. The third-order valence-electron chi connectivity index (χ3n) is 5.76. The summed E-state index contributed by atoms with van der Waals surface area (Å²) >= 11 is 0. The molecule has 1 aliphatic carbocycles. The lowest BCUT2D eigenvalue weighted by Gasteiger charge is -2.19. The summed E-state index contributed by atoms with van der Waals surface area (Å²) in [6, 6.07) is 6.68. The zero-order valence-electron chi connectivity index (χ0n) is 25.7. The molecule has 0 unspecified atom stereocenters. The van der Waals surface area contributed by atoms with Crippen LogP contribution in [-0.2, 0) is 16.1 Å². The van der Waals surface area contributed by atoms with E-state index in [9.17, 15) is 14.4 Å². The van der Waals surface area contributed by atoms with Gasteiger partial charge in [0.15, 0.2) is 11.5 Å². The molecule has 2 aromatic heterocycles. The fourth-order valence-corrected chi connectivity index (χ4v) is 3.79. The van der Waals surface area contributed by atoms with Crippen LogP contribution in [0.1, 0.15) is 48.2 Å². The molecule has 0 spiro atoms. The van der Waals surface area contributed by atoms with Crippen molar-refractivity contribution in [2.45, 2.75) is 45.8 Å². The van der Waals surface area contributed by atoms with Crippen LogP contribution in [-0.4, -0.2) is 64.1 Å². The Morgan fingerprint density at radius 3 is 2.67 bits per heavy atom. The van der Waals surface area contributed by atoms with Gasteiger partial charge in [0.25, 0.3) is 5.91 Å². The Hall–Kier alpha value is -4.68. The normalized spacial score (nSPS) is 14.2. The minimum Gasteiger partial charge on any atom is -0.494 e. The highest BCUT2D eigenvalue weighted by atomic mass is 16.6. The topological polar surface area (TPSA) is 161 Å². The molecule has 3 amide bonds. The number of carbonyl (C=O) groups excluding carboxylic acids is 3. The Morgan fingerprint density at radius 1 is 1.18 bits per heavy atom. The highest BCUT2D eigenvalue weighted by molar-refractivity contribution is 6.00. The number of anilines is 3. The summed E-state index contributed by atoms with van der Waals surface area (Å²) in [5.41, 5.74) is 1.01. The summed E-state index contributed by atoms with van der Waals surface area (Å²) in [4.78, 5) is 37.0. The number of para-hydroxylation sites is 1. The molecule has 1 aliphatic rings. The van der Waals surface area contributed by atoms with Crippen molar-refractivity contribution in [2.75, 3.05) is 31.3 Å². The molecule has 1 fully saturated rings. The van der Waals surface area contributed by atoms with Gasteiger partial charge in [-0.05, 0) is 39.7 Å². The zero-order chi connectivity index (χ0) is 31.4. The molecule has 1 aromatic carbocycles. The molecule has 3 aromatic rings. The molecule has 0 atom stereocenters. The number of benzene rings is 1. The van der Waals surface area contributed by atoms with E-state index in [-0.39, 0.29) is 29.0 Å². The predicted molar refractivity (Wildman–Crippen MR) is 149 cm³/mol. The smallest absolute Gasteiger partial charge is 0.407 e. The summed E-state index contributed by atoms with van der Waals surface area (Å²) in [6.45, 7) is 3.28. The van der Waals surface area contributed by atoms with Crippen molar-refractivity contribution in [3.63, 3.8) is 0 Å². The lowest BCUT2D eigenvalue weighted by atomic mass is 10.1. The van der Waals surface area contributed by atoms with E-state index in [0.717, 1.165) is 12.8 Å². The van der Waals surface area contributed by atoms with Gasteiger partial charge in [-0.25, -0.2) is 4.79 Å². The van der Waals surface area contributed by atoms with Crippen molar-refractivity contribution in [2.24, 2.45) is 5.92 Å². The van der Waals surface area contributed by atoms with E-state index >= 15 is 0 Å². The number of amides is 3. The average Bonchev–Trinajstić information content (AvgIpc) is 3.65. The van der Waals surface area contributed by atoms with Crippen LogP contribution in [0.3, 0.4) is 0 Å². The average molecular weight is 554 g/mol. The number of ether oxygens (including phenoxy) is 2. The van der Waals surface area contributed by atoms with Gasteiger partial charge in [-0.15, -0.1) is 10.2 Å². The van der Waals surface area contributed by atoms with Crippen molar-refractivity contribution in [3.8, 4) is 16.9 Å². The van der Waals surface area contributed by atoms with Crippen molar-refractivity contribution in [1.82, 2.24) is 30.6 Å². The van der Waals surface area contributed by atoms with E-state index in [1.807, 2.05) is 11.4 Å². The Morgan fingerprint density at radius 2 is 1.98 bits per heavy atom. The summed E-state index contributed by atoms with van der Waals surface area (Å²) in [6.07, 6.45) is 4.47. The van der Waals surface area contributed by atoms with Gasteiger partial charge in [0.1, 0.15) is 11.4 Å². The third-order valence-corrected chi connectivity index (χ3v) is 5.76. The molecule has 0 saturated heterocycles. The van der Waals surface area contributed by atoms with Gasteiger partial charge in [0, 0.05) is 46.9 Å². The first-order valence-corrected chi connectivity index (χ1v) is 12.7. The van der Waals surface area contributed by atoms with Gasteiger partial charge in [-0.3, -0.25) is 14.3 Å². The number of nitrogens with one attached hydrogen (secondary N) is 4. The third kappa shape index (κ3) is 7.24. The molecule has 0 aliphatic heterocycles. The summed E-state index contributed by atoms with van der Waals surface area (Å²) in [7, 11) is 1.48. The SMILES string of the molecule is [2H]C([2H])([2H])NC(=O)c1nnc(NC(=O)C2CC2)cc1Nc1cccc(-c2cnn(CCNC(=O)OC(C)(C)C)c2)c1OC. The maximum Gasteiger partial charge on any atom is 0.407 e. The maximum absolute atomic E-state index is 12.8. The summed E-state index contributed by atoms with van der Waals surface area (Å²) < 4.78 is 34.8. The zero-order valence-corrected chi connectivity index (χ0v) is 22.7. The number of alkyl carbamates (subject to hydrolysis) is 1. The molecule has 13 nitrogen and oxygen atoms in total. The van der Waals surface area contributed by atoms with Gasteiger partial charge >= 0.3 is 6.09 Å². The van der Waals surface area contributed by atoms with Gasteiger partial charge < -0.3 is 30.7 Å². The number of methoxy groups -OCH3 is 1. The molecule has 212 valence electrons. The first kappa shape index (κ1) is 24.4. The Bertz CT molecular complexity index is 1500. The number of hydrogen-bond acceptors (Lipinski definition) is 9. The molecule has 0 radical (unpaired) electrons. The fourth-order valence-electron chi connectivity index (χ4n) is 3.79. The number of carbonyl (C=O) groups is 3. The first-order valence-electron chi connectivity index (χ1n) is 14.2. The lowest BCUT2D eigenvalue weighted by Crippen LogP contribution is -2.34. The molecule has 0 bridgehead atoms. The van der Waals surface area contributed by atoms with Gasteiger partial charge in [0.2, 0.25) is 5.91 Å². The maximum atomic E-state index is 12.8. The van der Waals surface area contributed by atoms with E-state index in [1.54, 1.807) is 50.0 Å². The second kappa shape index (κ2) is 12.0. The molecule has 1 saturated carbocycles. The van der Waals surface area contributed by atoms with Crippen molar-refractivity contribution < 1.29 is 28.0 Å². The summed E-state index contributed by atoms with van der Waals surface area (Å²) in [5.74, 6) is -0.787. The van der Waals surface area contributed by atoms with Crippen LogP contribution in [0.4, 0.5) is 22.0 Å². The van der Waals surface area contributed by atoms with Crippen LogP contribution >= 0.6 is 0 Å². The minimum absolute atomic E-state index is 0.0949. The molecule has 4 rings (SSSR count). The van der Waals surface area contributed by atoms with E-state index in [4.69, 9.17) is 13.6 Å². The number of nitrogens with zero attached hydrogens (tertiary/aromatic N) is 4. The Balaban J connectivity index is 1.57. The van der Waals surface area contributed by atoms with Crippen molar-refractivity contribution in [1.29, 1.82) is 0 Å². The number of rotatable bonds is 10. The van der Waals surface area contributed by atoms with Crippen LogP contribution < -0.4 is 26.0 Å². The quantitative estimate of drug-likeness (QED) is 0.295. The molecular formula is C27H34N8O5. The molecule has 4 N–H and O–H groups in total. The van der Waals surface area contributed by atoms with E-state index < -0.39 is 24.6 Å². The van der Waals surface area contributed by atoms with Crippen molar-refractivity contribution >= 4 is 35.1 Å². The van der Waals surface area contributed by atoms with E-state index in [1.165, 1.54) is 13.2 Å². The molecule has 13 heteroatoms. The standard InChI is InChI=1S/C27H34N8O5/c1-27(2,3)40-26(38)29-11-12-35-15-17(14-30-35)18-7-6-8-19(23(18)39-5)31-20-13-21(32-24(36)16-9-10-16)33-34-22(20)25(37)28-4/h6-8,13-16H,9-12H2,1-5H3,(H,28,37)(H,29,38)(H2,31,32,33,36)/i4D3. The molecular weight excluding hydrogens is 516 g/mol. The van der Waals surface area contributed by atoms with Crippen molar-refractivity contribution in [3.05, 3.63) is 42.4 Å². The molecule has 2 heterocycles. The molecule has 40 heavy (non-hydrogen) atoms. The second-order valence-corrected chi connectivity index (χ2v) is 10.1. The van der Waals surface area contributed by atoms with Gasteiger partial charge in [-0.1, -0.05) is 12.1 Å². The van der Waals surface area contributed by atoms with Crippen LogP contribution in [0.5, 0.6) is 5.75 Å². The monoisotopic (exact) mass is 553 g/mol. The lowest BCUT2D eigenvalue weighted by molar-refractivity contribution is -0.117. The first-order chi connectivity index (χ1) is 20.2. The van der Waals surface area contributed by atoms with Crippen LogP contribution in [0.2, 0.25) is 0 Å². The number of hydrogen-bond donors (Lipinski definition) is 4. The highest BCUT2D eigenvalue weighted by Crippen LogP contribution is 2.38. The summed E-state index contributed by atoms with van der Waals surface area (Å²) in [5, 5.41) is 22.5. The Labute approximate surface area is 236 Å². The van der Waals surface area contributed by atoms with E-state index in [0.29, 0.717) is 35.7 Å². The number of aromatic nitrogens is 4. The van der Waals surface area contributed by atoms with E-state index in [2.05, 4.69) is 31.2 Å². The second-order valence-electron chi connectivity index (χ2n) is 10.1. The van der Waals surface area contributed by atoms with Crippen LogP contribution in [0.15, 0.2) is 36.7 Å². The van der Waals surface area contributed by atoms with Crippen LogP contribution in [0, 0.1) is 5.92 Å².